The van der Waals surface area contributed by atoms with Crippen molar-refractivity contribution in [3.63, 3.8) is 0 Å². The van der Waals surface area contributed by atoms with Crippen LogP contribution < -0.4 is 14.4 Å². The molecule has 1 heterocycles. The van der Waals surface area contributed by atoms with Crippen molar-refractivity contribution in [2.45, 2.75) is 46.6 Å². The third-order valence-corrected chi connectivity index (χ3v) is 7.17. The summed E-state index contributed by atoms with van der Waals surface area (Å²) in [4.78, 5) is 28.7. The van der Waals surface area contributed by atoms with Gasteiger partial charge in [-0.25, -0.2) is 0 Å². The van der Waals surface area contributed by atoms with Gasteiger partial charge in [-0.1, -0.05) is 38.1 Å². The summed E-state index contributed by atoms with van der Waals surface area (Å²) in [6.07, 6.45) is 0. The Kier molecular flexibility index (Phi) is 7.12. The Morgan fingerprint density at radius 1 is 0.919 bits per heavy atom. The molecule has 0 aliphatic carbocycles. The molecule has 0 bridgehead atoms. The SMILES string of the molecule is COc1ccc(C2/C(=C(\O)c3cc(C(C)C)c(OC)cc3C)C(=O)C(=O)N2c2cccc(C)c2C)cc1. The molecule has 1 saturated heterocycles. The molecule has 3 aromatic rings. The molecule has 1 atom stereocenters. The largest absolute Gasteiger partial charge is 0.507 e. The third kappa shape index (κ3) is 4.48. The predicted molar refractivity (Wildman–Crippen MR) is 146 cm³/mol. The summed E-state index contributed by atoms with van der Waals surface area (Å²) in [5, 5.41) is 11.7. The van der Waals surface area contributed by atoms with Gasteiger partial charge < -0.3 is 14.6 Å². The Morgan fingerprint density at radius 2 is 1.59 bits per heavy atom. The lowest BCUT2D eigenvalue weighted by Crippen LogP contribution is -2.30. The third-order valence-electron chi connectivity index (χ3n) is 7.17. The van der Waals surface area contributed by atoms with Crippen LogP contribution in [0.25, 0.3) is 5.76 Å². The fraction of sp³-hybridized carbons (Fsp3) is 0.290. The lowest BCUT2D eigenvalue weighted by Gasteiger charge is -2.27. The minimum absolute atomic E-state index is 0.0547. The molecule has 1 amide bonds. The van der Waals surface area contributed by atoms with Gasteiger partial charge in [-0.15, -0.1) is 0 Å². The molecule has 0 radical (unpaired) electrons. The quantitative estimate of drug-likeness (QED) is 0.242. The first-order valence-corrected chi connectivity index (χ1v) is 12.3. The summed E-state index contributed by atoms with van der Waals surface area (Å²) in [6, 6.07) is 15.8. The number of anilines is 1. The van der Waals surface area contributed by atoms with E-state index >= 15 is 0 Å². The molecule has 192 valence electrons. The highest BCUT2D eigenvalue weighted by Gasteiger charge is 2.47. The van der Waals surface area contributed by atoms with E-state index in [9.17, 15) is 14.7 Å². The highest BCUT2D eigenvalue weighted by atomic mass is 16.5. The number of carbonyl (C=O) groups excluding carboxylic acids is 2. The van der Waals surface area contributed by atoms with Gasteiger partial charge in [-0.3, -0.25) is 14.5 Å². The van der Waals surface area contributed by atoms with Gasteiger partial charge in [0.05, 0.1) is 25.8 Å². The number of hydrogen-bond donors (Lipinski definition) is 1. The zero-order valence-corrected chi connectivity index (χ0v) is 22.4. The Bertz CT molecular complexity index is 1400. The Labute approximate surface area is 218 Å². The number of carbonyl (C=O) groups is 2. The van der Waals surface area contributed by atoms with Crippen LogP contribution >= 0.6 is 0 Å². The molecular weight excluding hydrogens is 466 g/mol. The summed E-state index contributed by atoms with van der Waals surface area (Å²) in [6.45, 7) is 9.82. The smallest absolute Gasteiger partial charge is 0.300 e. The van der Waals surface area contributed by atoms with Crippen molar-refractivity contribution in [2.24, 2.45) is 0 Å². The molecule has 1 aliphatic heterocycles. The van der Waals surface area contributed by atoms with E-state index in [-0.39, 0.29) is 17.3 Å². The van der Waals surface area contributed by atoms with E-state index in [1.807, 2.05) is 77.1 Å². The first-order chi connectivity index (χ1) is 17.6. The van der Waals surface area contributed by atoms with Crippen molar-refractivity contribution in [1.29, 1.82) is 0 Å². The lowest BCUT2D eigenvalue weighted by atomic mass is 9.91. The van der Waals surface area contributed by atoms with Crippen LogP contribution in [0.1, 0.15) is 59.2 Å². The van der Waals surface area contributed by atoms with E-state index in [1.54, 1.807) is 26.4 Å². The van der Waals surface area contributed by atoms with Crippen LogP contribution in [0, 0.1) is 20.8 Å². The predicted octanol–water partition coefficient (Wildman–Crippen LogP) is 6.38. The molecule has 3 aromatic carbocycles. The van der Waals surface area contributed by atoms with Gasteiger partial charge in [0, 0.05) is 11.3 Å². The van der Waals surface area contributed by atoms with Gasteiger partial charge in [-0.05, 0) is 84.8 Å². The number of ketones is 1. The second-order valence-electron chi connectivity index (χ2n) is 9.73. The van der Waals surface area contributed by atoms with Crippen molar-refractivity contribution >= 4 is 23.1 Å². The van der Waals surface area contributed by atoms with Crippen molar-refractivity contribution in [2.75, 3.05) is 19.1 Å². The first kappa shape index (κ1) is 26.0. The van der Waals surface area contributed by atoms with Crippen molar-refractivity contribution < 1.29 is 24.2 Å². The van der Waals surface area contributed by atoms with Gasteiger partial charge >= 0.3 is 0 Å². The highest BCUT2D eigenvalue weighted by molar-refractivity contribution is 6.51. The van der Waals surface area contributed by atoms with E-state index in [0.29, 0.717) is 28.3 Å². The number of nitrogens with zero attached hydrogens (tertiary/aromatic N) is 1. The van der Waals surface area contributed by atoms with Crippen LogP contribution in [-0.2, 0) is 9.59 Å². The van der Waals surface area contributed by atoms with Crippen LogP contribution in [0.5, 0.6) is 11.5 Å². The first-order valence-electron chi connectivity index (χ1n) is 12.3. The maximum Gasteiger partial charge on any atom is 0.300 e. The topological polar surface area (TPSA) is 76.1 Å². The number of Topliss-reactive ketones (excluding diaryl/α,β-unsaturated/α-hetero) is 1. The average molecular weight is 500 g/mol. The van der Waals surface area contributed by atoms with E-state index in [4.69, 9.17) is 9.47 Å². The number of aryl methyl sites for hydroxylation is 2. The Hall–Kier alpha value is -4.06. The van der Waals surface area contributed by atoms with Crippen molar-refractivity contribution in [1.82, 2.24) is 0 Å². The molecule has 37 heavy (non-hydrogen) atoms. The normalized spacial score (nSPS) is 17.0. The molecule has 1 N–H and O–H groups in total. The van der Waals surface area contributed by atoms with Gasteiger partial charge in [0.15, 0.2) is 0 Å². The fourth-order valence-electron chi connectivity index (χ4n) is 4.91. The molecule has 6 nitrogen and oxygen atoms in total. The molecule has 4 rings (SSSR count). The average Bonchev–Trinajstić information content (AvgIpc) is 3.15. The second-order valence-corrected chi connectivity index (χ2v) is 9.73. The summed E-state index contributed by atoms with van der Waals surface area (Å²) in [7, 11) is 3.19. The highest BCUT2D eigenvalue weighted by Crippen LogP contribution is 2.44. The molecule has 0 saturated carbocycles. The molecule has 0 aromatic heterocycles. The number of aliphatic hydroxyl groups excluding tert-OH is 1. The van der Waals surface area contributed by atoms with E-state index in [0.717, 1.165) is 22.3 Å². The number of benzene rings is 3. The van der Waals surface area contributed by atoms with Crippen molar-refractivity contribution in [3.8, 4) is 11.5 Å². The number of hydrogen-bond acceptors (Lipinski definition) is 5. The molecule has 0 spiro atoms. The van der Waals surface area contributed by atoms with Crippen LogP contribution in [-0.4, -0.2) is 31.0 Å². The Morgan fingerprint density at radius 3 is 2.19 bits per heavy atom. The minimum Gasteiger partial charge on any atom is -0.507 e. The Balaban J connectivity index is 2.01. The van der Waals surface area contributed by atoms with Crippen LogP contribution in [0.2, 0.25) is 0 Å². The maximum atomic E-state index is 13.6. The zero-order chi connectivity index (χ0) is 27.0. The summed E-state index contributed by atoms with van der Waals surface area (Å²) in [5.41, 5.74) is 5.42. The lowest BCUT2D eigenvalue weighted by molar-refractivity contribution is -0.132. The van der Waals surface area contributed by atoms with Gasteiger partial charge in [0.25, 0.3) is 11.7 Å². The second kappa shape index (κ2) is 10.1. The number of rotatable bonds is 6. The molecule has 1 aliphatic rings. The maximum absolute atomic E-state index is 13.6. The van der Waals surface area contributed by atoms with Crippen LogP contribution in [0.3, 0.4) is 0 Å². The number of methoxy groups -OCH3 is 2. The number of ether oxygens (including phenoxy) is 2. The van der Waals surface area contributed by atoms with Crippen LogP contribution in [0.15, 0.2) is 60.2 Å². The van der Waals surface area contributed by atoms with Crippen molar-refractivity contribution in [3.05, 3.63) is 93.6 Å². The van der Waals surface area contributed by atoms with Crippen LogP contribution in [0.4, 0.5) is 5.69 Å². The standard InChI is InChI=1S/C31H33NO5/c1-17(2)23-16-24(19(4)15-26(23)37-7)29(33)27-28(21-11-13-22(36-6)14-12-21)32(31(35)30(27)34)25-10-8-9-18(3)20(25)5/h8-17,28,33H,1-7H3/b29-27+. The minimum atomic E-state index is -0.810. The molecular formula is C31H33NO5. The van der Waals surface area contributed by atoms with Gasteiger partial charge in [0.1, 0.15) is 17.3 Å². The summed E-state index contributed by atoms with van der Waals surface area (Å²) in [5.74, 6) is -0.107. The summed E-state index contributed by atoms with van der Waals surface area (Å²) >= 11 is 0. The molecule has 1 unspecified atom stereocenters. The zero-order valence-electron chi connectivity index (χ0n) is 22.4. The summed E-state index contributed by atoms with van der Waals surface area (Å²) < 4.78 is 10.9. The van der Waals surface area contributed by atoms with E-state index in [2.05, 4.69) is 0 Å². The number of aliphatic hydroxyl groups is 1. The number of amides is 1. The monoisotopic (exact) mass is 499 g/mol. The molecule has 1 fully saturated rings. The molecule has 6 heteroatoms. The fourth-order valence-corrected chi connectivity index (χ4v) is 4.91. The van der Waals surface area contributed by atoms with E-state index < -0.39 is 17.7 Å². The van der Waals surface area contributed by atoms with Gasteiger partial charge in [-0.2, -0.15) is 0 Å². The van der Waals surface area contributed by atoms with Gasteiger partial charge in [0.2, 0.25) is 0 Å². The van der Waals surface area contributed by atoms with E-state index in [1.165, 1.54) is 4.90 Å².